The highest BCUT2D eigenvalue weighted by molar-refractivity contribution is 5.85. The van der Waals surface area contributed by atoms with Crippen LogP contribution in [0.3, 0.4) is 0 Å². The number of hydrogen-bond acceptors (Lipinski definition) is 3. The van der Waals surface area contributed by atoms with Crippen molar-refractivity contribution in [2.24, 2.45) is 0 Å². The molecule has 0 fully saturated rings. The molecular weight excluding hydrogens is 360 g/mol. The molecule has 0 saturated carbocycles. The molecule has 1 atom stereocenters. The average Bonchev–Trinajstić information content (AvgIpc) is 2.78. The molecule has 0 heterocycles. The number of rotatable bonds is 7. The number of carbonyl (C=O) groups is 1. The van der Waals surface area contributed by atoms with Crippen LogP contribution in [-0.4, -0.2) is 11.1 Å². The zero-order valence-electron chi connectivity index (χ0n) is 16.6. The van der Waals surface area contributed by atoms with Crippen LogP contribution in [0, 0.1) is 11.3 Å². The molecule has 3 aromatic carbocycles. The Kier molecular flexibility index (Phi) is 5.99. The molecule has 4 heteroatoms. The van der Waals surface area contributed by atoms with Crippen LogP contribution in [0.2, 0.25) is 0 Å². The van der Waals surface area contributed by atoms with E-state index in [1.807, 2.05) is 43.3 Å². The Labute approximate surface area is 171 Å². The number of nitriles is 1. The first-order valence-corrected chi connectivity index (χ1v) is 9.74. The van der Waals surface area contributed by atoms with E-state index in [2.05, 4.69) is 30.4 Å². The summed E-state index contributed by atoms with van der Waals surface area (Å²) in [5, 5.41) is 22.4. The Morgan fingerprint density at radius 3 is 2.28 bits per heavy atom. The smallest absolute Gasteiger partial charge is 0.334 e. The molecule has 0 spiro atoms. The zero-order valence-corrected chi connectivity index (χ0v) is 16.6. The van der Waals surface area contributed by atoms with Crippen molar-refractivity contribution in [2.75, 3.05) is 5.32 Å². The lowest BCUT2D eigenvalue weighted by Crippen LogP contribution is -2.43. The van der Waals surface area contributed by atoms with Crippen LogP contribution in [0.1, 0.15) is 37.0 Å². The van der Waals surface area contributed by atoms with E-state index in [4.69, 9.17) is 5.26 Å². The van der Waals surface area contributed by atoms with E-state index in [1.165, 1.54) is 0 Å². The number of nitrogens with zero attached hydrogens (tertiary/aromatic N) is 1. The van der Waals surface area contributed by atoms with E-state index in [-0.39, 0.29) is 0 Å². The minimum atomic E-state index is -1.26. The van der Waals surface area contributed by atoms with Gasteiger partial charge in [0.25, 0.3) is 0 Å². The highest BCUT2D eigenvalue weighted by Crippen LogP contribution is 2.34. The van der Waals surface area contributed by atoms with Gasteiger partial charge in [0.1, 0.15) is 0 Å². The normalized spacial score (nSPS) is 12.6. The summed E-state index contributed by atoms with van der Waals surface area (Å²) in [6.45, 7) is 3.94. The second kappa shape index (κ2) is 8.62. The summed E-state index contributed by atoms with van der Waals surface area (Å²) >= 11 is 0. The lowest BCUT2D eigenvalue weighted by Gasteiger charge is -2.32. The molecule has 1 unspecified atom stereocenters. The summed E-state index contributed by atoms with van der Waals surface area (Å²) in [6.07, 6.45) is 1.17. The van der Waals surface area contributed by atoms with Crippen molar-refractivity contribution >= 4 is 11.7 Å². The summed E-state index contributed by atoms with van der Waals surface area (Å²) < 4.78 is 0. The fraction of sp³-hybridized carbons (Fsp3) is 0.200. The number of aliphatic carboxylic acids is 1. The Bertz CT molecular complexity index is 1040. The minimum absolute atomic E-state index is 0.371. The third kappa shape index (κ3) is 4.00. The maximum absolute atomic E-state index is 12.4. The van der Waals surface area contributed by atoms with E-state index in [0.29, 0.717) is 23.2 Å². The topological polar surface area (TPSA) is 73.1 Å². The standard InChI is InChI=1S/C25H24N2O2/c1-3-19-16-21(12-15-23(19)20-8-6-5-7-9-20)25(4-2,24(28)29)27-22-13-10-18(17-26)11-14-22/h5-16,27H,3-4H2,1-2H3,(H,28,29). The second-order valence-electron chi connectivity index (χ2n) is 6.97. The largest absolute Gasteiger partial charge is 0.479 e. The third-order valence-electron chi connectivity index (χ3n) is 5.33. The summed E-state index contributed by atoms with van der Waals surface area (Å²) in [7, 11) is 0. The monoisotopic (exact) mass is 384 g/mol. The Hall–Kier alpha value is -3.58. The highest BCUT2D eigenvalue weighted by Gasteiger charge is 2.39. The molecule has 0 aliphatic carbocycles. The second-order valence-corrected chi connectivity index (χ2v) is 6.97. The number of carboxylic acids is 1. The summed E-state index contributed by atoms with van der Waals surface area (Å²) in [5.41, 5.74) is 4.00. The molecular formula is C25H24N2O2. The molecule has 0 aliphatic heterocycles. The summed E-state index contributed by atoms with van der Waals surface area (Å²) in [6, 6.07) is 24.9. The maximum atomic E-state index is 12.4. The van der Waals surface area contributed by atoms with Gasteiger partial charge in [0, 0.05) is 5.69 Å². The van der Waals surface area contributed by atoms with Crippen molar-refractivity contribution in [2.45, 2.75) is 32.2 Å². The van der Waals surface area contributed by atoms with Crippen molar-refractivity contribution in [3.8, 4) is 17.2 Å². The van der Waals surface area contributed by atoms with E-state index < -0.39 is 11.5 Å². The van der Waals surface area contributed by atoms with Gasteiger partial charge in [-0.3, -0.25) is 0 Å². The molecule has 0 saturated heterocycles. The third-order valence-corrected chi connectivity index (χ3v) is 5.33. The fourth-order valence-corrected chi connectivity index (χ4v) is 3.62. The van der Waals surface area contributed by atoms with Gasteiger partial charge in [-0.25, -0.2) is 4.79 Å². The number of nitrogens with one attached hydrogen (secondary N) is 1. The molecule has 0 aromatic heterocycles. The van der Waals surface area contributed by atoms with Gasteiger partial charge in [-0.05, 0) is 59.4 Å². The van der Waals surface area contributed by atoms with Crippen molar-refractivity contribution in [1.29, 1.82) is 5.26 Å². The van der Waals surface area contributed by atoms with Gasteiger partial charge >= 0.3 is 5.97 Å². The van der Waals surface area contributed by atoms with Crippen LogP contribution in [-0.2, 0) is 16.8 Å². The maximum Gasteiger partial charge on any atom is 0.334 e. The summed E-state index contributed by atoms with van der Waals surface area (Å²) in [5.74, 6) is -0.932. The molecule has 4 nitrogen and oxygen atoms in total. The molecule has 0 radical (unpaired) electrons. The molecule has 3 rings (SSSR count). The molecule has 146 valence electrons. The van der Waals surface area contributed by atoms with Crippen molar-refractivity contribution in [3.63, 3.8) is 0 Å². The van der Waals surface area contributed by atoms with E-state index >= 15 is 0 Å². The molecule has 0 aliphatic rings. The van der Waals surface area contributed by atoms with Gasteiger partial charge in [-0.1, -0.05) is 62.4 Å². The first-order valence-electron chi connectivity index (χ1n) is 9.74. The van der Waals surface area contributed by atoms with Gasteiger partial charge in [0.15, 0.2) is 5.54 Å². The number of hydrogen-bond donors (Lipinski definition) is 2. The van der Waals surface area contributed by atoms with Gasteiger partial charge in [-0.2, -0.15) is 5.26 Å². The number of anilines is 1. The van der Waals surface area contributed by atoms with Crippen LogP contribution in [0.25, 0.3) is 11.1 Å². The number of benzene rings is 3. The molecule has 3 aromatic rings. The van der Waals surface area contributed by atoms with Crippen LogP contribution < -0.4 is 5.32 Å². The highest BCUT2D eigenvalue weighted by atomic mass is 16.4. The Morgan fingerprint density at radius 1 is 1.03 bits per heavy atom. The summed E-state index contributed by atoms with van der Waals surface area (Å²) in [4.78, 5) is 12.4. The fourth-order valence-electron chi connectivity index (χ4n) is 3.62. The molecule has 0 amide bonds. The lowest BCUT2D eigenvalue weighted by atomic mass is 9.83. The van der Waals surface area contributed by atoms with Crippen LogP contribution in [0.4, 0.5) is 5.69 Å². The van der Waals surface area contributed by atoms with Crippen LogP contribution in [0.15, 0.2) is 72.8 Å². The van der Waals surface area contributed by atoms with Crippen LogP contribution in [0.5, 0.6) is 0 Å². The van der Waals surface area contributed by atoms with Gasteiger partial charge in [-0.15, -0.1) is 0 Å². The van der Waals surface area contributed by atoms with Gasteiger partial charge < -0.3 is 10.4 Å². The van der Waals surface area contributed by atoms with E-state index in [1.54, 1.807) is 24.3 Å². The van der Waals surface area contributed by atoms with Crippen LogP contribution >= 0.6 is 0 Å². The van der Waals surface area contributed by atoms with E-state index in [9.17, 15) is 9.90 Å². The average molecular weight is 384 g/mol. The van der Waals surface area contributed by atoms with E-state index in [0.717, 1.165) is 23.1 Å². The van der Waals surface area contributed by atoms with Gasteiger partial charge in [0.2, 0.25) is 0 Å². The SMILES string of the molecule is CCc1cc(C(CC)(Nc2ccc(C#N)cc2)C(=O)O)ccc1-c1ccccc1. The Balaban J connectivity index is 2.06. The molecule has 2 N–H and O–H groups in total. The molecule has 29 heavy (non-hydrogen) atoms. The predicted molar refractivity (Wildman–Crippen MR) is 116 cm³/mol. The molecule has 0 bridgehead atoms. The van der Waals surface area contributed by atoms with Gasteiger partial charge in [0.05, 0.1) is 11.6 Å². The number of carboxylic acid groups (broad SMARTS) is 1. The van der Waals surface area contributed by atoms with Crippen molar-refractivity contribution < 1.29 is 9.90 Å². The number of aryl methyl sites for hydroxylation is 1. The predicted octanol–water partition coefficient (Wildman–Crippen LogP) is 5.59. The van der Waals surface area contributed by atoms with Crippen molar-refractivity contribution in [3.05, 3.63) is 89.5 Å². The Morgan fingerprint density at radius 2 is 1.72 bits per heavy atom. The zero-order chi connectivity index (χ0) is 20.9. The lowest BCUT2D eigenvalue weighted by molar-refractivity contribution is -0.142. The first kappa shape index (κ1) is 20.2. The minimum Gasteiger partial charge on any atom is -0.479 e. The van der Waals surface area contributed by atoms with Crippen molar-refractivity contribution in [1.82, 2.24) is 0 Å². The first-order chi connectivity index (χ1) is 14.0. The quantitative estimate of drug-likeness (QED) is 0.557.